The molecule has 2 aliphatic rings. The number of ether oxygens (including phenoxy) is 1. The molecular weight excluding hydrogens is 348 g/mol. The van der Waals surface area contributed by atoms with Crippen LogP contribution in [0.4, 0.5) is 5.69 Å². The molecule has 6 heteroatoms. The SMILES string of the molecule is COc1ccc(CN2CCC3(CC2)c2ccccc2N(C)S3(=O)=O)cc1. The minimum atomic E-state index is -3.36. The summed E-state index contributed by atoms with van der Waals surface area (Å²) < 4.78 is 32.2. The van der Waals surface area contributed by atoms with Crippen LogP contribution >= 0.6 is 0 Å². The van der Waals surface area contributed by atoms with Crippen LogP contribution in [-0.4, -0.2) is 40.6 Å². The Balaban J connectivity index is 1.54. The Morgan fingerprint density at radius 3 is 2.35 bits per heavy atom. The maximum absolute atomic E-state index is 13.2. The van der Waals surface area contributed by atoms with Crippen molar-refractivity contribution in [3.05, 3.63) is 59.7 Å². The van der Waals surface area contributed by atoms with Crippen molar-refractivity contribution in [2.24, 2.45) is 0 Å². The molecule has 0 aliphatic carbocycles. The summed E-state index contributed by atoms with van der Waals surface area (Å²) in [4.78, 5) is 2.34. The van der Waals surface area contributed by atoms with Crippen molar-refractivity contribution in [3.63, 3.8) is 0 Å². The van der Waals surface area contributed by atoms with Gasteiger partial charge in [-0.3, -0.25) is 9.21 Å². The fraction of sp³-hybridized carbons (Fsp3) is 0.400. The Labute approximate surface area is 155 Å². The second-order valence-corrected chi connectivity index (χ2v) is 9.39. The van der Waals surface area contributed by atoms with Crippen LogP contribution in [0.3, 0.4) is 0 Å². The number of hydrogen-bond acceptors (Lipinski definition) is 4. The molecule has 2 aromatic rings. The van der Waals surface area contributed by atoms with Gasteiger partial charge in [-0.25, -0.2) is 8.42 Å². The van der Waals surface area contributed by atoms with E-state index in [0.29, 0.717) is 12.8 Å². The summed E-state index contributed by atoms with van der Waals surface area (Å²) in [5, 5.41) is 0. The van der Waals surface area contributed by atoms with Gasteiger partial charge in [0.25, 0.3) is 0 Å². The van der Waals surface area contributed by atoms with Gasteiger partial charge in [0.15, 0.2) is 0 Å². The highest BCUT2D eigenvalue weighted by Crippen LogP contribution is 2.51. The van der Waals surface area contributed by atoms with Crippen molar-refractivity contribution in [3.8, 4) is 5.75 Å². The lowest BCUT2D eigenvalue weighted by atomic mass is 9.87. The van der Waals surface area contributed by atoms with E-state index < -0.39 is 14.8 Å². The van der Waals surface area contributed by atoms with Crippen LogP contribution in [0.1, 0.15) is 24.0 Å². The molecule has 4 rings (SSSR count). The van der Waals surface area contributed by atoms with Gasteiger partial charge in [0.1, 0.15) is 10.5 Å². The highest BCUT2D eigenvalue weighted by molar-refractivity contribution is 7.94. The average Bonchev–Trinajstić information content (AvgIpc) is 2.83. The summed E-state index contributed by atoms with van der Waals surface area (Å²) in [6, 6.07) is 15.8. The summed E-state index contributed by atoms with van der Waals surface area (Å²) in [5.74, 6) is 0.850. The number of para-hydroxylation sites is 1. The van der Waals surface area contributed by atoms with Crippen LogP contribution in [0.15, 0.2) is 48.5 Å². The molecule has 1 spiro atoms. The fourth-order valence-corrected chi connectivity index (χ4v) is 6.34. The number of benzene rings is 2. The standard InChI is InChI=1S/C20H24N2O3S/c1-21-19-6-4-3-5-18(19)20(26(21,23)24)11-13-22(14-12-20)15-16-7-9-17(25-2)10-8-16/h3-10H,11-15H2,1-2H3. The molecule has 0 bridgehead atoms. The van der Waals surface area contributed by atoms with Crippen LogP contribution in [0, 0.1) is 0 Å². The van der Waals surface area contributed by atoms with E-state index in [1.807, 2.05) is 36.4 Å². The van der Waals surface area contributed by atoms with Crippen LogP contribution < -0.4 is 9.04 Å². The minimum absolute atomic E-state index is 0.632. The van der Waals surface area contributed by atoms with Gasteiger partial charge in [-0.15, -0.1) is 0 Å². The van der Waals surface area contributed by atoms with Crippen molar-refractivity contribution in [1.29, 1.82) is 0 Å². The van der Waals surface area contributed by atoms with Crippen LogP contribution in [-0.2, 0) is 21.3 Å². The van der Waals surface area contributed by atoms with E-state index in [-0.39, 0.29) is 0 Å². The molecule has 0 saturated carbocycles. The molecule has 0 atom stereocenters. The van der Waals surface area contributed by atoms with Gasteiger partial charge < -0.3 is 4.74 Å². The highest BCUT2D eigenvalue weighted by atomic mass is 32.2. The zero-order valence-corrected chi connectivity index (χ0v) is 16.0. The third-order valence-corrected chi connectivity index (χ3v) is 8.35. The van der Waals surface area contributed by atoms with Crippen LogP contribution in [0.2, 0.25) is 0 Å². The van der Waals surface area contributed by atoms with Crippen molar-refractivity contribution < 1.29 is 13.2 Å². The largest absolute Gasteiger partial charge is 0.497 e. The maximum Gasteiger partial charge on any atom is 0.245 e. The molecule has 0 amide bonds. The Morgan fingerprint density at radius 2 is 1.69 bits per heavy atom. The summed E-state index contributed by atoms with van der Waals surface area (Å²) >= 11 is 0. The van der Waals surface area contributed by atoms with Crippen LogP contribution in [0.25, 0.3) is 0 Å². The predicted molar refractivity (Wildman–Crippen MR) is 103 cm³/mol. The molecule has 2 aromatic carbocycles. The van der Waals surface area contributed by atoms with E-state index in [1.165, 1.54) is 9.87 Å². The van der Waals surface area contributed by atoms with E-state index in [1.54, 1.807) is 14.2 Å². The Bertz CT molecular complexity index is 901. The molecule has 5 nitrogen and oxygen atoms in total. The number of piperidine rings is 1. The number of likely N-dealkylation sites (tertiary alicyclic amines) is 1. The van der Waals surface area contributed by atoms with Gasteiger partial charge in [-0.1, -0.05) is 30.3 Å². The first kappa shape index (κ1) is 17.4. The lowest BCUT2D eigenvalue weighted by Crippen LogP contribution is -2.47. The van der Waals surface area contributed by atoms with Gasteiger partial charge in [0.05, 0.1) is 12.8 Å². The summed E-state index contributed by atoms with van der Waals surface area (Å²) in [6.45, 7) is 2.37. The summed E-state index contributed by atoms with van der Waals surface area (Å²) in [5.41, 5.74) is 3.01. The lowest BCUT2D eigenvalue weighted by molar-refractivity contribution is 0.189. The van der Waals surface area contributed by atoms with Crippen molar-refractivity contribution in [2.45, 2.75) is 24.1 Å². The molecule has 26 heavy (non-hydrogen) atoms. The molecule has 138 valence electrons. The number of rotatable bonds is 3. The Hall–Kier alpha value is -2.05. The van der Waals surface area contributed by atoms with Gasteiger partial charge >= 0.3 is 0 Å². The smallest absolute Gasteiger partial charge is 0.245 e. The third-order valence-electron chi connectivity index (χ3n) is 5.82. The van der Waals surface area contributed by atoms with E-state index in [9.17, 15) is 8.42 Å². The molecule has 1 saturated heterocycles. The first-order valence-corrected chi connectivity index (χ1v) is 10.4. The van der Waals surface area contributed by atoms with Gasteiger partial charge in [0, 0.05) is 26.7 Å². The maximum atomic E-state index is 13.2. The normalized spacial score (nSPS) is 20.9. The van der Waals surface area contributed by atoms with E-state index in [2.05, 4.69) is 17.0 Å². The zero-order valence-electron chi connectivity index (χ0n) is 15.2. The summed E-state index contributed by atoms with van der Waals surface area (Å²) in [6.07, 6.45) is 1.26. The number of sulfonamides is 1. The molecule has 2 aliphatic heterocycles. The quantitative estimate of drug-likeness (QED) is 0.831. The predicted octanol–water partition coefficient (Wildman–Crippen LogP) is 2.97. The second kappa shape index (κ2) is 6.28. The van der Waals surface area contributed by atoms with E-state index in [0.717, 1.165) is 36.6 Å². The molecule has 0 aromatic heterocycles. The number of anilines is 1. The first-order chi connectivity index (χ1) is 12.5. The monoisotopic (exact) mass is 372 g/mol. The fourth-order valence-electron chi connectivity index (χ4n) is 4.25. The first-order valence-electron chi connectivity index (χ1n) is 8.91. The molecule has 0 radical (unpaired) electrons. The molecule has 1 fully saturated rings. The number of methoxy groups -OCH3 is 1. The van der Waals surface area contributed by atoms with Gasteiger partial charge in [0.2, 0.25) is 10.0 Å². The molecule has 0 N–H and O–H groups in total. The van der Waals surface area contributed by atoms with E-state index in [4.69, 9.17) is 4.74 Å². The molecule has 2 heterocycles. The third kappa shape index (κ3) is 2.51. The lowest BCUT2D eigenvalue weighted by Gasteiger charge is -2.38. The molecule has 0 unspecified atom stereocenters. The van der Waals surface area contributed by atoms with Gasteiger partial charge in [-0.05, 0) is 42.2 Å². The topological polar surface area (TPSA) is 49.9 Å². The Kier molecular flexibility index (Phi) is 4.20. The van der Waals surface area contributed by atoms with Crippen molar-refractivity contribution in [2.75, 3.05) is 31.6 Å². The Morgan fingerprint density at radius 1 is 1.04 bits per heavy atom. The average molecular weight is 372 g/mol. The minimum Gasteiger partial charge on any atom is -0.497 e. The highest BCUT2D eigenvalue weighted by Gasteiger charge is 2.55. The number of fused-ring (bicyclic) bond motifs is 2. The van der Waals surface area contributed by atoms with Crippen molar-refractivity contribution in [1.82, 2.24) is 4.90 Å². The number of nitrogens with zero attached hydrogens (tertiary/aromatic N) is 2. The molecular formula is C20H24N2O3S. The van der Waals surface area contributed by atoms with Crippen LogP contribution in [0.5, 0.6) is 5.75 Å². The van der Waals surface area contributed by atoms with E-state index >= 15 is 0 Å². The van der Waals surface area contributed by atoms with Crippen molar-refractivity contribution >= 4 is 15.7 Å². The second-order valence-electron chi connectivity index (χ2n) is 7.11. The van der Waals surface area contributed by atoms with Gasteiger partial charge in [-0.2, -0.15) is 0 Å². The summed E-state index contributed by atoms with van der Waals surface area (Å²) in [7, 11) is -0.0267. The number of hydrogen-bond donors (Lipinski definition) is 0. The zero-order chi connectivity index (χ0) is 18.4.